The lowest BCUT2D eigenvalue weighted by molar-refractivity contribution is -0.126. The molecule has 0 saturated carbocycles. The topological polar surface area (TPSA) is 58.6 Å². The van der Waals surface area contributed by atoms with Gasteiger partial charge in [-0.2, -0.15) is 0 Å². The van der Waals surface area contributed by atoms with Gasteiger partial charge >= 0.3 is 0 Å². The van der Waals surface area contributed by atoms with Gasteiger partial charge in [0.1, 0.15) is 24.2 Å². The molecule has 0 bridgehead atoms. The van der Waals surface area contributed by atoms with Crippen LogP contribution in [0.2, 0.25) is 0 Å². The van der Waals surface area contributed by atoms with Crippen LogP contribution in [-0.2, 0) is 24.5 Å². The fourth-order valence-corrected chi connectivity index (χ4v) is 4.51. The Bertz CT molecular complexity index is 1420. The molecule has 1 aliphatic rings. The van der Waals surface area contributed by atoms with Gasteiger partial charge in [-0.1, -0.05) is 78.4 Å². The molecule has 186 valence electrons. The van der Waals surface area contributed by atoms with Crippen molar-refractivity contribution >= 4 is 11.8 Å². The molecule has 0 spiro atoms. The van der Waals surface area contributed by atoms with Crippen LogP contribution in [0.15, 0.2) is 97.1 Å². The van der Waals surface area contributed by atoms with Crippen LogP contribution in [0, 0.1) is 12.7 Å². The molecule has 1 atom stereocenters. The first kappa shape index (κ1) is 24.3. The second-order valence-electron chi connectivity index (χ2n) is 9.15. The Labute approximate surface area is 215 Å². The number of halogens is 1. The minimum absolute atomic E-state index is 0.115. The quantitative estimate of drug-likeness (QED) is 0.386. The zero-order chi connectivity index (χ0) is 25.8. The van der Waals surface area contributed by atoms with Gasteiger partial charge in [-0.05, 0) is 42.3 Å². The van der Waals surface area contributed by atoms with Gasteiger partial charge in [0.25, 0.3) is 5.91 Å². The molecule has 0 aliphatic carbocycles. The number of aryl methyl sites for hydroxylation is 1. The molecule has 5 rings (SSSR count). The van der Waals surface area contributed by atoms with E-state index in [4.69, 9.17) is 4.74 Å². The number of nitrogens with one attached hydrogen (secondary N) is 1. The second kappa shape index (κ2) is 10.7. The number of fused-ring (bicyclic) bond motifs is 2. The summed E-state index contributed by atoms with van der Waals surface area (Å²) in [5.41, 5.74) is 4.58. The lowest BCUT2D eigenvalue weighted by Crippen LogP contribution is -2.43. The van der Waals surface area contributed by atoms with Crippen LogP contribution in [0.3, 0.4) is 0 Å². The second-order valence-corrected chi connectivity index (χ2v) is 9.15. The predicted octanol–water partition coefficient (Wildman–Crippen LogP) is 5.73. The van der Waals surface area contributed by atoms with Crippen LogP contribution in [0.25, 0.3) is 0 Å². The molecule has 2 amide bonds. The van der Waals surface area contributed by atoms with Crippen LogP contribution < -0.4 is 10.1 Å². The highest BCUT2D eigenvalue weighted by molar-refractivity contribution is 5.99. The van der Waals surface area contributed by atoms with E-state index in [1.165, 1.54) is 12.1 Å². The van der Waals surface area contributed by atoms with Crippen LogP contribution in [-0.4, -0.2) is 16.7 Å². The molecule has 1 unspecified atom stereocenters. The predicted molar refractivity (Wildman–Crippen MR) is 139 cm³/mol. The lowest BCUT2D eigenvalue weighted by Gasteiger charge is -2.32. The van der Waals surface area contributed by atoms with E-state index < -0.39 is 6.04 Å². The number of ether oxygens (including phenoxy) is 1. The molecule has 1 aliphatic heterocycles. The van der Waals surface area contributed by atoms with Crippen LogP contribution in [0.4, 0.5) is 4.39 Å². The molecule has 37 heavy (non-hydrogen) atoms. The SMILES string of the molecule is Cc1ccc(CNC(=O)C2c3ccccc3OCc3ccccc3C(=O)N2Cc2ccc(F)cc2)cc1. The van der Waals surface area contributed by atoms with Gasteiger partial charge in [0.2, 0.25) is 5.91 Å². The van der Waals surface area contributed by atoms with Gasteiger partial charge in [-0.15, -0.1) is 0 Å². The Hall–Kier alpha value is -4.45. The smallest absolute Gasteiger partial charge is 0.255 e. The maximum atomic E-state index is 14.1. The summed E-state index contributed by atoms with van der Waals surface area (Å²) in [4.78, 5) is 29.5. The van der Waals surface area contributed by atoms with Gasteiger partial charge in [-0.3, -0.25) is 9.59 Å². The van der Waals surface area contributed by atoms with Crippen molar-refractivity contribution in [2.24, 2.45) is 0 Å². The van der Waals surface area contributed by atoms with Crippen molar-refractivity contribution in [2.75, 3.05) is 0 Å². The molecule has 0 fully saturated rings. The summed E-state index contributed by atoms with van der Waals surface area (Å²) in [5, 5.41) is 3.02. The highest BCUT2D eigenvalue weighted by atomic mass is 19.1. The first-order valence-corrected chi connectivity index (χ1v) is 12.2. The van der Waals surface area contributed by atoms with Crippen LogP contribution in [0.1, 0.15) is 44.2 Å². The van der Waals surface area contributed by atoms with Gasteiger partial charge in [0, 0.05) is 29.8 Å². The Morgan fingerprint density at radius 2 is 1.59 bits per heavy atom. The van der Waals surface area contributed by atoms with Crippen molar-refractivity contribution in [1.29, 1.82) is 0 Å². The Morgan fingerprint density at radius 1 is 0.919 bits per heavy atom. The Morgan fingerprint density at radius 3 is 2.38 bits per heavy atom. The van der Waals surface area contributed by atoms with E-state index in [0.29, 0.717) is 29.0 Å². The van der Waals surface area contributed by atoms with E-state index in [1.807, 2.05) is 67.6 Å². The average molecular weight is 495 g/mol. The summed E-state index contributed by atoms with van der Waals surface area (Å²) >= 11 is 0. The van der Waals surface area contributed by atoms with Crippen molar-refractivity contribution in [3.63, 3.8) is 0 Å². The summed E-state index contributed by atoms with van der Waals surface area (Å²) < 4.78 is 19.8. The molecular formula is C31H27FN2O3. The summed E-state index contributed by atoms with van der Waals surface area (Å²) in [5.74, 6) is -0.454. The normalized spacial score (nSPS) is 14.9. The zero-order valence-corrected chi connectivity index (χ0v) is 20.5. The number of benzene rings is 4. The third-order valence-corrected chi connectivity index (χ3v) is 6.52. The van der Waals surface area contributed by atoms with E-state index in [0.717, 1.165) is 16.7 Å². The van der Waals surface area contributed by atoms with Gasteiger partial charge in [-0.25, -0.2) is 4.39 Å². The lowest BCUT2D eigenvalue weighted by atomic mass is 10.00. The fraction of sp³-hybridized carbons (Fsp3) is 0.161. The van der Waals surface area contributed by atoms with E-state index in [-0.39, 0.29) is 30.8 Å². The molecule has 0 saturated heterocycles. The largest absolute Gasteiger partial charge is 0.489 e. The van der Waals surface area contributed by atoms with Crippen molar-refractivity contribution in [3.8, 4) is 5.75 Å². The van der Waals surface area contributed by atoms with Crippen molar-refractivity contribution in [3.05, 3.63) is 136 Å². The summed E-state index contributed by atoms with van der Waals surface area (Å²) in [6.45, 7) is 2.63. The molecule has 0 aromatic heterocycles. The number of rotatable bonds is 5. The van der Waals surface area contributed by atoms with Crippen molar-refractivity contribution in [2.45, 2.75) is 32.7 Å². The molecule has 6 heteroatoms. The maximum absolute atomic E-state index is 14.1. The van der Waals surface area contributed by atoms with E-state index in [1.54, 1.807) is 29.2 Å². The third kappa shape index (κ3) is 5.38. The highest BCUT2D eigenvalue weighted by Gasteiger charge is 2.36. The van der Waals surface area contributed by atoms with E-state index in [9.17, 15) is 14.0 Å². The molecule has 4 aromatic carbocycles. The Kier molecular flexibility index (Phi) is 6.99. The summed E-state index contributed by atoms with van der Waals surface area (Å²) in [7, 11) is 0. The van der Waals surface area contributed by atoms with Gasteiger partial charge in [0.05, 0.1) is 0 Å². The fourth-order valence-electron chi connectivity index (χ4n) is 4.51. The van der Waals surface area contributed by atoms with E-state index in [2.05, 4.69) is 5.32 Å². The number of para-hydroxylation sites is 1. The average Bonchev–Trinajstić information content (AvgIpc) is 2.97. The molecule has 5 nitrogen and oxygen atoms in total. The highest BCUT2D eigenvalue weighted by Crippen LogP contribution is 2.35. The van der Waals surface area contributed by atoms with Gasteiger partial charge < -0.3 is 15.0 Å². The molecule has 1 N–H and O–H groups in total. The zero-order valence-electron chi connectivity index (χ0n) is 20.5. The molecule has 4 aromatic rings. The first-order valence-electron chi connectivity index (χ1n) is 12.2. The summed E-state index contributed by atoms with van der Waals surface area (Å²) in [6.07, 6.45) is 0. The maximum Gasteiger partial charge on any atom is 0.255 e. The number of nitrogens with zero attached hydrogens (tertiary/aromatic N) is 1. The molecule has 1 heterocycles. The number of carbonyl (C=O) groups is 2. The number of hydrogen-bond donors (Lipinski definition) is 1. The Balaban J connectivity index is 1.58. The van der Waals surface area contributed by atoms with E-state index >= 15 is 0 Å². The molecular weight excluding hydrogens is 467 g/mol. The van der Waals surface area contributed by atoms with Crippen molar-refractivity contribution < 1.29 is 18.7 Å². The first-order chi connectivity index (χ1) is 18.0. The van der Waals surface area contributed by atoms with Crippen molar-refractivity contribution in [1.82, 2.24) is 10.2 Å². The van der Waals surface area contributed by atoms with Gasteiger partial charge in [0.15, 0.2) is 0 Å². The van der Waals surface area contributed by atoms with Crippen LogP contribution >= 0.6 is 0 Å². The standard InChI is InChI=1S/C31H27FN2O3/c1-21-10-12-22(13-11-21)18-33-30(35)29-27-8-4-5-9-28(27)37-20-24-6-2-3-7-26(24)31(36)34(29)19-23-14-16-25(32)17-15-23/h2-17,29H,18-20H2,1H3,(H,33,35). The number of amides is 2. The van der Waals surface area contributed by atoms with Crippen LogP contribution in [0.5, 0.6) is 5.75 Å². The minimum atomic E-state index is -0.967. The minimum Gasteiger partial charge on any atom is -0.489 e. The number of hydrogen-bond acceptors (Lipinski definition) is 3. The molecule has 0 radical (unpaired) electrons. The number of carbonyl (C=O) groups excluding carboxylic acids is 2. The summed E-state index contributed by atoms with van der Waals surface area (Å²) in [6, 6.07) is 27.5. The monoisotopic (exact) mass is 494 g/mol. The third-order valence-electron chi connectivity index (χ3n) is 6.52.